The Hall–Kier alpha value is -1.62. The average molecular weight is 249 g/mol. The van der Waals surface area contributed by atoms with E-state index in [2.05, 4.69) is 22.2 Å². The Bertz CT molecular complexity index is 383. The van der Waals surface area contributed by atoms with Crippen LogP contribution in [0.1, 0.15) is 6.42 Å². The second kappa shape index (κ2) is 6.35. The third-order valence-corrected chi connectivity index (χ3v) is 3.08. The van der Waals surface area contributed by atoms with Crippen molar-refractivity contribution < 1.29 is 9.53 Å². The highest BCUT2D eigenvalue weighted by Gasteiger charge is 2.19. The Morgan fingerprint density at radius 3 is 3.22 bits per heavy atom. The van der Waals surface area contributed by atoms with E-state index in [0.717, 1.165) is 26.1 Å². The predicted molar refractivity (Wildman–Crippen MR) is 68.3 cm³/mol. The number of nitrogens with one attached hydrogen (secondary N) is 1. The number of amides is 1. The zero-order chi connectivity index (χ0) is 12.8. The van der Waals surface area contributed by atoms with Gasteiger partial charge in [-0.25, -0.2) is 0 Å². The maximum Gasteiger partial charge on any atom is 0.257 e. The van der Waals surface area contributed by atoms with Gasteiger partial charge in [0.05, 0.1) is 6.20 Å². The van der Waals surface area contributed by atoms with Crippen LogP contribution < -0.4 is 10.1 Å². The van der Waals surface area contributed by atoms with Crippen LogP contribution >= 0.6 is 0 Å². The third-order valence-electron chi connectivity index (χ3n) is 3.08. The van der Waals surface area contributed by atoms with Gasteiger partial charge in [0.15, 0.2) is 6.61 Å². The second-order valence-corrected chi connectivity index (χ2v) is 4.70. The molecule has 18 heavy (non-hydrogen) atoms. The normalized spacial score (nSPS) is 19.7. The first kappa shape index (κ1) is 12.8. The third kappa shape index (κ3) is 4.00. The average Bonchev–Trinajstić information content (AvgIpc) is 2.81. The van der Waals surface area contributed by atoms with Crippen molar-refractivity contribution in [3.05, 3.63) is 24.5 Å². The molecular weight excluding hydrogens is 230 g/mol. The summed E-state index contributed by atoms with van der Waals surface area (Å²) >= 11 is 0. The Balaban J connectivity index is 1.63. The van der Waals surface area contributed by atoms with Crippen LogP contribution in [0.15, 0.2) is 24.5 Å². The standard InChI is InChI=1S/C13H19N3O2/c1-16-6-4-11(9-16)7-15-13(17)10-18-12-3-2-5-14-8-12/h2-3,5,8,11H,4,6-7,9-10H2,1H3,(H,15,17)/t11-/m1/s1. The number of carbonyl (C=O) groups excluding carboxylic acids is 1. The molecule has 2 heterocycles. The van der Waals surface area contributed by atoms with Crippen molar-refractivity contribution in [1.29, 1.82) is 0 Å². The molecule has 5 nitrogen and oxygen atoms in total. The fourth-order valence-corrected chi connectivity index (χ4v) is 2.08. The zero-order valence-corrected chi connectivity index (χ0v) is 10.6. The number of pyridine rings is 1. The first-order chi connectivity index (χ1) is 8.74. The lowest BCUT2D eigenvalue weighted by molar-refractivity contribution is -0.123. The Morgan fingerprint density at radius 2 is 2.56 bits per heavy atom. The topological polar surface area (TPSA) is 54.5 Å². The van der Waals surface area contributed by atoms with Crippen molar-refractivity contribution in [1.82, 2.24) is 15.2 Å². The fourth-order valence-electron chi connectivity index (χ4n) is 2.08. The van der Waals surface area contributed by atoms with Gasteiger partial charge in [-0.1, -0.05) is 0 Å². The molecule has 0 aromatic carbocycles. The number of aromatic nitrogens is 1. The summed E-state index contributed by atoms with van der Waals surface area (Å²) in [5, 5.41) is 2.90. The van der Waals surface area contributed by atoms with Crippen LogP contribution in [0.4, 0.5) is 0 Å². The van der Waals surface area contributed by atoms with E-state index in [1.54, 1.807) is 24.5 Å². The van der Waals surface area contributed by atoms with Crippen molar-refractivity contribution in [2.24, 2.45) is 5.92 Å². The van der Waals surface area contributed by atoms with Crippen LogP contribution in [-0.4, -0.2) is 49.1 Å². The molecule has 1 fully saturated rings. The van der Waals surface area contributed by atoms with E-state index in [4.69, 9.17) is 4.74 Å². The number of hydrogen-bond donors (Lipinski definition) is 1. The molecule has 1 atom stereocenters. The van der Waals surface area contributed by atoms with E-state index in [1.807, 2.05) is 0 Å². The summed E-state index contributed by atoms with van der Waals surface area (Å²) < 4.78 is 5.32. The van der Waals surface area contributed by atoms with E-state index in [-0.39, 0.29) is 12.5 Å². The minimum absolute atomic E-state index is 0.0499. The molecule has 0 saturated carbocycles. The van der Waals surface area contributed by atoms with Gasteiger partial charge in [-0.05, 0) is 38.1 Å². The van der Waals surface area contributed by atoms with Crippen molar-refractivity contribution in [2.45, 2.75) is 6.42 Å². The highest BCUT2D eigenvalue weighted by atomic mass is 16.5. The number of carbonyl (C=O) groups is 1. The van der Waals surface area contributed by atoms with Gasteiger partial charge in [0.2, 0.25) is 0 Å². The molecule has 1 aromatic heterocycles. The van der Waals surface area contributed by atoms with Gasteiger partial charge >= 0.3 is 0 Å². The molecule has 0 radical (unpaired) electrons. The van der Waals surface area contributed by atoms with Crippen molar-refractivity contribution in [2.75, 3.05) is 33.3 Å². The molecule has 2 rings (SSSR count). The van der Waals surface area contributed by atoms with Gasteiger partial charge < -0.3 is 15.0 Å². The minimum Gasteiger partial charge on any atom is -0.482 e. The van der Waals surface area contributed by atoms with E-state index >= 15 is 0 Å². The summed E-state index contributed by atoms with van der Waals surface area (Å²) in [5.74, 6) is 1.11. The molecule has 1 aliphatic rings. The molecular formula is C13H19N3O2. The first-order valence-corrected chi connectivity index (χ1v) is 6.22. The Labute approximate surface area is 107 Å². The summed E-state index contributed by atoms with van der Waals surface area (Å²) in [4.78, 5) is 17.8. The molecule has 0 bridgehead atoms. The molecule has 1 N–H and O–H groups in total. The molecule has 98 valence electrons. The number of nitrogens with zero attached hydrogens (tertiary/aromatic N) is 2. The molecule has 5 heteroatoms. The van der Waals surface area contributed by atoms with Crippen LogP contribution in [0.2, 0.25) is 0 Å². The second-order valence-electron chi connectivity index (χ2n) is 4.70. The number of likely N-dealkylation sites (tertiary alicyclic amines) is 1. The van der Waals surface area contributed by atoms with Gasteiger partial charge in [0.25, 0.3) is 5.91 Å². The first-order valence-electron chi connectivity index (χ1n) is 6.22. The monoisotopic (exact) mass is 249 g/mol. The molecule has 1 saturated heterocycles. The minimum atomic E-state index is -0.0755. The van der Waals surface area contributed by atoms with Gasteiger partial charge in [0.1, 0.15) is 5.75 Å². The Morgan fingerprint density at radius 1 is 1.67 bits per heavy atom. The van der Waals surface area contributed by atoms with E-state index in [9.17, 15) is 4.79 Å². The maximum absolute atomic E-state index is 11.6. The van der Waals surface area contributed by atoms with Gasteiger partial charge in [-0.2, -0.15) is 0 Å². The van der Waals surface area contributed by atoms with Crippen LogP contribution in [-0.2, 0) is 4.79 Å². The SMILES string of the molecule is CN1CC[C@H](CNC(=O)COc2cccnc2)C1. The van der Waals surface area contributed by atoms with Gasteiger partial charge in [-0.15, -0.1) is 0 Å². The van der Waals surface area contributed by atoms with Crippen molar-refractivity contribution in [3.8, 4) is 5.75 Å². The number of ether oxygens (including phenoxy) is 1. The predicted octanol–water partition coefficient (Wildman–Crippen LogP) is 0.528. The van der Waals surface area contributed by atoms with E-state index in [0.29, 0.717) is 11.7 Å². The molecule has 0 unspecified atom stereocenters. The van der Waals surface area contributed by atoms with Crippen LogP contribution in [0, 0.1) is 5.92 Å². The van der Waals surface area contributed by atoms with Crippen LogP contribution in [0.25, 0.3) is 0 Å². The number of hydrogen-bond acceptors (Lipinski definition) is 4. The molecule has 1 amide bonds. The van der Waals surface area contributed by atoms with Crippen molar-refractivity contribution >= 4 is 5.91 Å². The fraction of sp³-hybridized carbons (Fsp3) is 0.538. The van der Waals surface area contributed by atoms with Gasteiger partial charge in [0, 0.05) is 19.3 Å². The quantitative estimate of drug-likeness (QED) is 0.827. The lowest BCUT2D eigenvalue weighted by atomic mass is 10.1. The van der Waals surface area contributed by atoms with Gasteiger partial charge in [-0.3, -0.25) is 9.78 Å². The van der Waals surface area contributed by atoms with E-state index in [1.165, 1.54) is 0 Å². The highest BCUT2D eigenvalue weighted by molar-refractivity contribution is 5.77. The molecule has 0 aliphatic carbocycles. The van der Waals surface area contributed by atoms with Crippen molar-refractivity contribution in [3.63, 3.8) is 0 Å². The molecule has 1 aromatic rings. The summed E-state index contributed by atoms with van der Waals surface area (Å²) in [6, 6.07) is 3.56. The summed E-state index contributed by atoms with van der Waals surface area (Å²) in [7, 11) is 2.10. The summed E-state index contributed by atoms with van der Waals surface area (Å²) in [6.45, 7) is 2.96. The smallest absolute Gasteiger partial charge is 0.257 e. The number of rotatable bonds is 5. The molecule has 0 spiro atoms. The highest BCUT2D eigenvalue weighted by Crippen LogP contribution is 2.12. The summed E-state index contributed by atoms with van der Waals surface area (Å²) in [6.07, 6.45) is 4.42. The molecule has 1 aliphatic heterocycles. The lowest BCUT2D eigenvalue weighted by Crippen LogP contribution is -2.33. The Kier molecular flexibility index (Phi) is 4.52. The largest absolute Gasteiger partial charge is 0.482 e. The van der Waals surface area contributed by atoms with E-state index < -0.39 is 0 Å². The maximum atomic E-state index is 11.6. The zero-order valence-electron chi connectivity index (χ0n) is 10.6. The van der Waals surface area contributed by atoms with Crippen LogP contribution in [0.5, 0.6) is 5.75 Å². The lowest BCUT2D eigenvalue weighted by Gasteiger charge is -2.12. The summed E-state index contributed by atoms with van der Waals surface area (Å²) in [5.41, 5.74) is 0. The van der Waals surface area contributed by atoms with Crippen LogP contribution in [0.3, 0.4) is 0 Å².